The SMILES string of the molecule is CCOC(=O)CCN1CCCC(CCC(=O)O)CCC(CCC(=O)O)CCCN(CCC(=O)O)NN1. The zero-order chi connectivity index (χ0) is 26.8. The zero-order valence-electron chi connectivity index (χ0n) is 21.5. The highest BCUT2D eigenvalue weighted by Crippen LogP contribution is 2.27. The summed E-state index contributed by atoms with van der Waals surface area (Å²) < 4.78 is 5.02. The summed E-state index contributed by atoms with van der Waals surface area (Å²) >= 11 is 0. The van der Waals surface area contributed by atoms with E-state index >= 15 is 0 Å². The Labute approximate surface area is 213 Å². The van der Waals surface area contributed by atoms with Gasteiger partial charge in [-0.25, -0.2) is 10.0 Å². The molecule has 1 aliphatic heterocycles. The molecule has 1 aliphatic rings. The molecule has 0 aromatic rings. The summed E-state index contributed by atoms with van der Waals surface area (Å²) in [6.07, 6.45) is 6.35. The summed E-state index contributed by atoms with van der Waals surface area (Å²) in [6, 6.07) is 0. The van der Waals surface area contributed by atoms with Crippen molar-refractivity contribution in [2.75, 3.05) is 32.8 Å². The number of hydrogen-bond acceptors (Lipinski definition) is 9. The number of nitrogens with one attached hydrogen (secondary N) is 2. The van der Waals surface area contributed by atoms with Crippen molar-refractivity contribution in [1.82, 2.24) is 21.1 Å². The Kier molecular flexibility index (Phi) is 16.7. The van der Waals surface area contributed by atoms with Gasteiger partial charge in [0.25, 0.3) is 0 Å². The van der Waals surface area contributed by atoms with Gasteiger partial charge in [0.1, 0.15) is 0 Å². The van der Waals surface area contributed by atoms with Crippen LogP contribution in [0, 0.1) is 11.8 Å². The highest BCUT2D eigenvalue weighted by molar-refractivity contribution is 5.69. The minimum Gasteiger partial charge on any atom is -0.481 e. The fourth-order valence-corrected chi connectivity index (χ4v) is 4.41. The van der Waals surface area contributed by atoms with Crippen molar-refractivity contribution in [1.29, 1.82) is 0 Å². The molecule has 0 amide bonds. The molecule has 0 radical (unpaired) electrons. The summed E-state index contributed by atoms with van der Waals surface area (Å²) in [6.45, 7) is 3.92. The van der Waals surface area contributed by atoms with Gasteiger partial charge in [-0.3, -0.25) is 19.2 Å². The van der Waals surface area contributed by atoms with Crippen LogP contribution in [-0.2, 0) is 23.9 Å². The number of nitrogens with zero attached hydrogens (tertiary/aromatic N) is 2. The van der Waals surface area contributed by atoms with E-state index in [4.69, 9.17) is 20.1 Å². The first-order valence-corrected chi connectivity index (χ1v) is 13.0. The van der Waals surface area contributed by atoms with Crippen LogP contribution < -0.4 is 11.1 Å². The third-order valence-corrected chi connectivity index (χ3v) is 6.45. The van der Waals surface area contributed by atoms with Crippen molar-refractivity contribution in [2.45, 2.75) is 84.0 Å². The van der Waals surface area contributed by atoms with Crippen LogP contribution in [0.3, 0.4) is 0 Å². The number of carboxylic acid groups (broad SMARTS) is 3. The number of carbonyl (C=O) groups excluding carboxylic acids is 1. The molecule has 0 saturated carbocycles. The third kappa shape index (κ3) is 16.4. The maximum atomic E-state index is 11.9. The van der Waals surface area contributed by atoms with Crippen molar-refractivity contribution in [3.63, 3.8) is 0 Å². The molecule has 12 heteroatoms. The van der Waals surface area contributed by atoms with Gasteiger partial charge in [-0.1, -0.05) is 12.8 Å². The van der Waals surface area contributed by atoms with Gasteiger partial charge in [-0.2, -0.15) is 11.1 Å². The molecule has 1 saturated heterocycles. The van der Waals surface area contributed by atoms with E-state index in [-0.39, 0.29) is 50.0 Å². The van der Waals surface area contributed by atoms with Gasteiger partial charge in [0.05, 0.1) is 19.4 Å². The van der Waals surface area contributed by atoms with E-state index < -0.39 is 17.9 Å². The number of rotatable bonds is 13. The van der Waals surface area contributed by atoms with E-state index in [0.29, 0.717) is 39.1 Å². The molecule has 0 aromatic carbocycles. The van der Waals surface area contributed by atoms with E-state index in [1.54, 1.807) is 11.9 Å². The first-order chi connectivity index (χ1) is 17.2. The minimum absolute atomic E-state index is 0.0365. The summed E-state index contributed by atoms with van der Waals surface area (Å²) in [5, 5.41) is 31.0. The molecule has 0 aliphatic carbocycles. The van der Waals surface area contributed by atoms with Crippen LogP contribution in [0.4, 0.5) is 0 Å². The molecule has 2 unspecified atom stereocenters. The molecule has 0 spiro atoms. The van der Waals surface area contributed by atoms with Crippen molar-refractivity contribution in [3.8, 4) is 0 Å². The number of aliphatic carboxylic acids is 3. The van der Waals surface area contributed by atoms with E-state index in [2.05, 4.69) is 11.1 Å². The van der Waals surface area contributed by atoms with Gasteiger partial charge >= 0.3 is 23.9 Å². The maximum absolute atomic E-state index is 11.9. The zero-order valence-corrected chi connectivity index (χ0v) is 21.5. The molecule has 0 aromatic heterocycles. The second-order valence-corrected chi connectivity index (χ2v) is 9.36. The molecule has 1 fully saturated rings. The largest absolute Gasteiger partial charge is 0.481 e. The van der Waals surface area contributed by atoms with Crippen molar-refractivity contribution >= 4 is 23.9 Å². The third-order valence-electron chi connectivity index (χ3n) is 6.45. The van der Waals surface area contributed by atoms with Gasteiger partial charge < -0.3 is 20.1 Å². The van der Waals surface area contributed by atoms with E-state index in [1.807, 2.05) is 5.01 Å². The molecule has 1 rings (SSSR count). The molecular formula is C24H44N4O8. The Morgan fingerprint density at radius 3 is 1.58 bits per heavy atom. The molecular weight excluding hydrogens is 472 g/mol. The van der Waals surface area contributed by atoms with Crippen LogP contribution in [-0.4, -0.2) is 82.0 Å². The van der Waals surface area contributed by atoms with E-state index in [9.17, 15) is 19.2 Å². The average Bonchev–Trinajstić information content (AvgIpc) is 2.81. The number of carboxylic acids is 3. The second kappa shape index (κ2) is 18.9. The Bertz CT molecular complexity index is 679. The lowest BCUT2D eigenvalue weighted by atomic mass is 9.85. The van der Waals surface area contributed by atoms with Crippen LogP contribution in [0.15, 0.2) is 0 Å². The highest BCUT2D eigenvalue weighted by Gasteiger charge is 2.19. The van der Waals surface area contributed by atoms with Gasteiger partial charge in [0, 0.05) is 39.0 Å². The summed E-state index contributed by atoms with van der Waals surface area (Å²) in [7, 11) is 0. The van der Waals surface area contributed by atoms with Gasteiger partial charge in [-0.05, 0) is 57.3 Å². The number of esters is 1. The van der Waals surface area contributed by atoms with E-state index in [0.717, 1.165) is 38.5 Å². The van der Waals surface area contributed by atoms with Crippen molar-refractivity contribution in [3.05, 3.63) is 0 Å². The first-order valence-electron chi connectivity index (χ1n) is 13.0. The summed E-state index contributed by atoms with van der Waals surface area (Å²) in [5.41, 5.74) is 6.17. The number of carbonyl (C=O) groups is 4. The lowest BCUT2D eigenvalue weighted by Crippen LogP contribution is -2.56. The number of hydrazine groups is 3. The van der Waals surface area contributed by atoms with Gasteiger partial charge in [-0.15, -0.1) is 0 Å². The van der Waals surface area contributed by atoms with Crippen LogP contribution in [0.1, 0.15) is 84.0 Å². The molecule has 36 heavy (non-hydrogen) atoms. The Morgan fingerprint density at radius 1 is 0.722 bits per heavy atom. The molecule has 2 atom stereocenters. The summed E-state index contributed by atoms with van der Waals surface area (Å²) in [4.78, 5) is 45.2. The first kappa shape index (κ1) is 31.7. The average molecular weight is 517 g/mol. The lowest BCUT2D eigenvalue weighted by Gasteiger charge is -2.31. The predicted octanol–water partition coefficient (Wildman–Crippen LogP) is 2.26. The maximum Gasteiger partial charge on any atom is 0.307 e. The Balaban J connectivity index is 2.89. The van der Waals surface area contributed by atoms with Gasteiger partial charge in [0.15, 0.2) is 0 Å². The van der Waals surface area contributed by atoms with Crippen molar-refractivity contribution in [2.24, 2.45) is 11.8 Å². The molecule has 0 bridgehead atoms. The quantitative estimate of drug-likeness (QED) is 0.227. The predicted molar refractivity (Wildman–Crippen MR) is 131 cm³/mol. The van der Waals surface area contributed by atoms with Crippen LogP contribution >= 0.6 is 0 Å². The van der Waals surface area contributed by atoms with Crippen LogP contribution in [0.25, 0.3) is 0 Å². The molecule has 12 nitrogen and oxygen atoms in total. The minimum atomic E-state index is -0.901. The second-order valence-electron chi connectivity index (χ2n) is 9.36. The smallest absolute Gasteiger partial charge is 0.307 e. The molecule has 208 valence electrons. The standard InChI is InChI=1S/C24H44N4O8/c1-2-36-24(35)14-18-28-16-4-6-20(10-12-22(31)32)8-7-19(9-11-21(29)30)5-3-15-27(25-26-28)17-13-23(33)34/h19-20,25-26H,2-18H2,1H3,(H,29,30)(H,31,32)(H,33,34). The fourth-order valence-electron chi connectivity index (χ4n) is 4.41. The Morgan fingerprint density at radius 2 is 1.17 bits per heavy atom. The number of hydrogen-bond donors (Lipinski definition) is 5. The molecule has 1 heterocycles. The van der Waals surface area contributed by atoms with Crippen LogP contribution in [0.2, 0.25) is 0 Å². The normalized spacial score (nSPS) is 21.4. The Hall–Kier alpha value is -2.28. The van der Waals surface area contributed by atoms with Crippen molar-refractivity contribution < 1.29 is 39.2 Å². The lowest BCUT2D eigenvalue weighted by molar-refractivity contribution is -0.144. The van der Waals surface area contributed by atoms with Crippen LogP contribution in [0.5, 0.6) is 0 Å². The molecule has 5 N–H and O–H groups in total. The fraction of sp³-hybridized carbons (Fsp3) is 0.833. The topological polar surface area (TPSA) is 169 Å². The highest BCUT2D eigenvalue weighted by atomic mass is 16.5. The van der Waals surface area contributed by atoms with E-state index in [1.165, 1.54) is 0 Å². The summed E-state index contributed by atoms with van der Waals surface area (Å²) in [5.74, 6) is -2.40. The number of ether oxygens (including phenoxy) is 1. The van der Waals surface area contributed by atoms with Gasteiger partial charge in [0.2, 0.25) is 0 Å². The monoisotopic (exact) mass is 516 g/mol.